The van der Waals surface area contributed by atoms with Crippen molar-refractivity contribution in [3.63, 3.8) is 0 Å². The second-order valence-electron chi connectivity index (χ2n) is 6.47. The predicted molar refractivity (Wildman–Crippen MR) is 101 cm³/mol. The van der Waals surface area contributed by atoms with Crippen LogP contribution in [0.1, 0.15) is 33.2 Å². The molecular weight excluding hydrogens is 380 g/mol. The normalized spacial score (nSPS) is 13.8. The van der Waals surface area contributed by atoms with Crippen molar-refractivity contribution in [2.24, 2.45) is 0 Å². The Morgan fingerprint density at radius 1 is 1.10 bits per heavy atom. The number of carbonyl (C=O) groups is 2. The lowest BCUT2D eigenvalue weighted by Gasteiger charge is -2.29. The quantitative estimate of drug-likeness (QED) is 0.650. The van der Waals surface area contributed by atoms with Crippen LogP contribution in [0, 0.1) is 0 Å². The number of quaternary nitrogens is 1. The number of halogens is 2. The van der Waals surface area contributed by atoms with Crippen molar-refractivity contribution in [3.05, 3.63) is 76.9 Å². The maximum Gasteiger partial charge on any atom is 0.345 e. The number of benzene rings is 1. The van der Waals surface area contributed by atoms with E-state index in [-0.39, 0.29) is 36.1 Å². The topological polar surface area (TPSA) is 76.1 Å². The van der Waals surface area contributed by atoms with Crippen LogP contribution >= 0.6 is 0 Å². The summed E-state index contributed by atoms with van der Waals surface area (Å²) < 4.78 is 28.8. The molecule has 1 aliphatic rings. The smallest absolute Gasteiger partial charge is 0.345 e. The molecule has 0 saturated heterocycles. The van der Waals surface area contributed by atoms with Gasteiger partial charge in [-0.25, -0.2) is 0 Å². The lowest BCUT2D eigenvalue weighted by Crippen LogP contribution is -2.85. The van der Waals surface area contributed by atoms with Gasteiger partial charge in [-0.15, -0.1) is 0 Å². The Bertz CT molecular complexity index is 916. The standard InChI is InChI=1S/C21H21F2N3O3/c1-2-26(13-14-6-5-9-24-12-14)18-17(25-10-11-29-21(22)23)19(27)15-7-3-4-8-16(15)20(18)28/h3-9,12,21,25H,2,10-11,13H2,1H3/p+1. The van der Waals surface area contributed by atoms with Gasteiger partial charge < -0.3 is 15.0 Å². The van der Waals surface area contributed by atoms with Crippen LogP contribution in [0.15, 0.2) is 60.2 Å². The molecule has 1 aromatic carbocycles. The van der Waals surface area contributed by atoms with Crippen molar-refractivity contribution in [2.75, 3.05) is 19.7 Å². The number of pyridine rings is 1. The lowest BCUT2D eigenvalue weighted by molar-refractivity contribution is -0.603. The molecule has 0 spiro atoms. The number of hydrogen-bond acceptors (Lipinski definition) is 5. The number of aromatic nitrogens is 1. The summed E-state index contributed by atoms with van der Waals surface area (Å²) in [5, 5.41) is 1.51. The zero-order valence-electron chi connectivity index (χ0n) is 16.0. The molecule has 1 aromatic heterocycles. The van der Waals surface area contributed by atoms with E-state index in [2.05, 4.69) is 9.72 Å². The molecule has 0 radical (unpaired) electrons. The van der Waals surface area contributed by atoms with Gasteiger partial charge in [-0.2, -0.15) is 8.78 Å². The Kier molecular flexibility index (Phi) is 6.79. The average Bonchev–Trinajstić information content (AvgIpc) is 2.73. The lowest BCUT2D eigenvalue weighted by atomic mass is 9.89. The largest absolute Gasteiger partial charge is 0.359 e. The molecule has 2 aromatic rings. The minimum atomic E-state index is -2.88. The van der Waals surface area contributed by atoms with Crippen LogP contribution in [0.4, 0.5) is 8.78 Å². The number of alkyl halides is 2. The van der Waals surface area contributed by atoms with Gasteiger partial charge in [0.25, 0.3) is 0 Å². The number of allylic oxidation sites excluding steroid dienone is 2. The van der Waals surface area contributed by atoms with E-state index in [0.29, 0.717) is 24.2 Å². The molecule has 0 fully saturated rings. The van der Waals surface area contributed by atoms with Crippen LogP contribution in [0.3, 0.4) is 0 Å². The maximum atomic E-state index is 13.3. The molecule has 0 saturated carbocycles. The third-order valence-corrected chi connectivity index (χ3v) is 4.64. The molecular formula is C21H22F2N3O3+. The number of ether oxygens (including phenoxy) is 1. The van der Waals surface area contributed by atoms with Gasteiger partial charge in [-0.3, -0.25) is 14.6 Å². The zero-order chi connectivity index (χ0) is 20.8. The number of carbonyl (C=O) groups excluding carboxylic acids is 2. The van der Waals surface area contributed by atoms with Crippen molar-refractivity contribution in [2.45, 2.75) is 20.1 Å². The maximum absolute atomic E-state index is 13.3. The minimum Gasteiger partial charge on any atom is -0.359 e. The Morgan fingerprint density at radius 3 is 2.45 bits per heavy atom. The third-order valence-electron chi connectivity index (χ3n) is 4.64. The Balaban J connectivity index is 1.96. The Hall–Kier alpha value is -2.97. The zero-order valence-corrected chi connectivity index (χ0v) is 16.0. The van der Waals surface area contributed by atoms with E-state index >= 15 is 0 Å². The highest BCUT2D eigenvalue weighted by molar-refractivity contribution is 6.25. The molecule has 0 aliphatic heterocycles. The fourth-order valence-electron chi connectivity index (χ4n) is 3.31. The van der Waals surface area contributed by atoms with Gasteiger partial charge in [0, 0.05) is 36.6 Å². The van der Waals surface area contributed by atoms with E-state index in [1.807, 2.05) is 17.9 Å². The monoisotopic (exact) mass is 402 g/mol. The molecule has 1 aliphatic carbocycles. The van der Waals surface area contributed by atoms with Crippen molar-refractivity contribution in [1.82, 2.24) is 9.88 Å². The molecule has 0 amide bonds. The molecule has 29 heavy (non-hydrogen) atoms. The molecule has 1 heterocycles. The SMILES string of the molecule is CCN(Cc1cccnc1)C1=C([NH2+]CCOC(F)F)C(=O)c2ccccc2C1=O. The fraction of sp³-hybridized carbons (Fsp3) is 0.286. The van der Waals surface area contributed by atoms with Gasteiger partial charge in [0.2, 0.25) is 17.3 Å². The number of hydrogen-bond donors (Lipinski definition) is 1. The van der Waals surface area contributed by atoms with Gasteiger partial charge in [0.05, 0.1) is 0 Å². The second-order valence-corrected chi connectivity index (χ2v) is 6.47. The minimum absolute atomic E-state index is 0.0921. The van der Waals surface area contributed by atoms with E-state index < -0.39 is 6.61 Å². The number of nitrogens with two attached hydrogens (primary N) is 1. The van der Waals surface area contributed by atoms with Gasteiger partial charge in [0.1, 0.15) is 13.2 Å². The first-order chi connectivity index (χ1) is 14.0. The van der Waals surface area contributed by atoms with E-state index in [0.717, 1.165) is 5.56 Å². The molecule has 0 atom stereocenters. The molecule has 0 unspecified atom stereocenters. The number of ketones is 2. The highest BCUT2D eigenvalue weighted by Gasteiger charge is 2.37. The van der Waals surface area contributed by atoms with Crippen molar-refractivity contribution in [1.29, 1.82) is 0 Å². The van der Waals surface area contributed by atoms with E-state index in [1.165, 1.54) is 5.32 Å². The van der Waals surface area contributed by atoms with Crippen LogP contribution in [0.2, 0.25) is 0 Å². The number of likely N-dealkylation sites (N-methyl/N-ethyl adjacent to an activating group) is 1. The van der Waals surface area contributed by atoms with Gasteiger partial charge in [-0.05, 0) is 18.6 Å². The summed E-state index contributed by atoms with van der Waals surface area (Å²) >= 11 is 0. The predicted octanol–water partition coefficient (Wildman–Crippen LogP) is 2.00. The van der Waals surface area contributed by atoms with E-state index in [1.54, 1.807) is 42.7 Å². The molecule has 2 N–H and O–H groups in total. The highest BCUT2D eigenvalue weighted by Crippen LogP contribution is 2.26. The summed E-state index contributed by atoms with van der Waals surface area (Å²) in [6, 6.07) is 10.3. The number of Topliss-reactive ketones (excluding diaryl/α,β-unsaturated/α-hetero) is 2. The van der Waals surface area contributed by atoms with Crippen molar-refractivity contribution in [3.8, 4) is 0 Å². The van der Waals surface area contributed by atoms with Crippen LogP contribution < -0.4 is 5.32 Å². The molecule has 152 valence electrons. The number of fused-ring (bicyclic) bond motifs is 1. The van der Waals surface area contributed by atoms with Crippen LogP contribution in [-0.4, -0.2) is 47.8 Å². The Morgan fingerprint density at radius 2 is 1.83 bits per heavy atom. The van der Waals surface area contributed by atoms with Gasteiger partial charge in [-0.1, -0.05) is 30.3 Å². The summed E-state index contributed by atoms with van der Waals surface area (Å²) in [4.78, 5) is 32.3. The second kappa shape index (κ2) is 9.49. The average molecular weight is 402 g/mol. The number of rotatable bonds is 9. The van der Waals surface area contributed by atoms with Crippen LogP contribution in [0.25, 0.3) is 0 Å². The fourth-order valence-corrected chi connectivity index (χ4v) is 3.31. The first-order valence-electron chi connectivity index (χ1n) is 9.32. The van der Waals surface area contributed by atoms with Crippen LogP contribution in [0.5, 0.6) is 0 Å². The Labute approximate surface area is 167 Å². The summed E-state index contributed by atoms with van der Waals surface area (Å²) in [5.74, 6) is -0.552. The molecule has 8 heteroatoms. The molecule has 0 bridgehead atoms. The summed E-state index contributed by atoms with van der Waals surface area (Å²) in [5.41, 5.74) is 2.05. The van der Waals surface area contributed by atoms with Crippen molar-refractivity contribution >= 4 is 11.6 Å². The van der Waals surface area contributed by atoms with Gasteiger partial charge >= 0.3 is 6.61 Å². The first kappa shape index (κ1) is 20.8. The van der Waals surface area contributed by atoms with Gasteiger partial charge in [0.15, 0.2) is 5.70 Å². The molecule has 6 nitrogen and oxygen atoms in total. The highest BCUT2D eigenvalue weighted by atomic mass is 19.3. The van der Waals surface area contributed by atoms with E-state index in [9.17, 15) is 18.4 Å². The summed E-state index contributed by atoms with van der Waals surface area (Å²) in [6.45, 7) is -0.263. The third kappa shape index (κ3) is 4.72. The van der Waals surface area contributed by atoms with Crippen molar-refractivity contribution < 1.29 is 28.4 Å². The van der Waals surface area contributed by atoms with Crippen LogP contribution in [-0.2, 0) is 11.3 Å². The number of nitrogens with zero attached hydrogens (tertiary/aromatic N) is 2. The molecule has 3 rings (SSSR count). The summed E-state index contributed by atoms with van der Waals surface area (Å²) in [6.07, 6.45) is 3.36. The van der Waals surface area contributed by atoms with E-state index in [4.69, 9.17) is 0 Å². The first-order valence-corrected chi connectivity index (χ1v) is 9.32. The summed E-state index contributed by atoms with van der Waals surface area (Å²) in [7, 11) is 0.